The van der Waals surface area contributed by atoms with Gasteiger partial charge in [0.25, 0.3) is 0 Å². The van der Waals surface area contributed by atoms with Gasteiger partial charge in [0.05, 0.1) is 22.6 Å². The van der Waals surface area contributed by atoms with Crippen LogP contribution in [0.15, 0.2) is 17.1 Å². The van der Waals surface area contributed by atoms with E-state index in [0.717, 1.165) is 99.6 Å². The van der Waals surface area contributed by atoms with Crippen molar-refractivity contribution < 1.29 is 36.0 Å². The zero-order chi connectivity index (χ0) is 43.0. The molecule has 2 aromatic carbocycles. The number of carbonyl (C=O) groups is 3. The molecule has 60 heavy (non-hydrogen) atoms. The number of fused-ring (bicyclic) bond motifs is 8. The number of ketones is 2. The smallest absolute Gasteiger partial charge is 0.307 e. The molecule has 4 bridgehead atoms. The third kappa shape index (κ3) is 7.20. The number of benzene rings is 2. The lowest BCUT2D eigenvalue weighted by atomic mass is 9.70. The van der Waals surface area contributed by atoms with Crippen molar-refractivity contribution >= 4 is 55.1 Å². The van der Waals surface area contributed by atoms with E-state index in [0.29, 0.717) is 31.6 Å². The Bertz CT molecular complexity index is 2390. The lowest BCUT2D eigenvalue weighted by Gasteiger charge is -2.36. The number of aliphatic imine (C=N–C) groups is 1. The summed E-state index contributed by atoms with van der Waals surface area (Å²) >= 11 is 0. The van der Waals surface area contributed by atoms with E-state index < -0.39 is 36.9 Å². The molecule has 0 heterocycles. The number of aryl methyl sites for hydroxylation is 4. The molecule has 4 fully saturated rings. The van der Waals surface area contributed by atoms with E-state index in [1.807, 2.05) is 27.7 Å². The number of isocyanates is 1. The summed E-state index contributed by atoms with van der Waals surface area (Å²) in [6.07, 6.45) is 18.7. The molecule has 8 aliphatic carbocycles. The average Bonchev–Trinajstić information content (AvgIpc) is 4.03. The van der Waals surface area contributed by atoms with E-state index in [4.69, 9.17) is 5.14 Å². The predicted octanol–water partition coefficient (Wildman–Crippen LogP) is 6.81. The fourth-order valence-corrected chi connectivity index (χ4v) is 16.2. The van der Waals surface area contributed by atoms with Gasteiger partial charge >= 0.3 is 6.03 Å². The van der Waals surface area contributed by atoms with E-state index >= 15 is 0 Å². The van der Waals surface area contributed by atoms with E-state index in [2.05, 4.69) is 27.2 Å². The van der Waals surface area contributed by atoms with Crippen molar-refractivity contribution in [3.05, 3.63) is 56.6 Å². The summed E-state index contributed by atoms with van der Waals surface area (Å²) in [6, 6.07) is 3.90. The molecule has 0 spiro atoms. The molecule has 4 saturated carbocycles. The molecule has 12 nitrogen and oxygen atoms in total. The highest BCUT2D eigenvalue weighted by molar-refractivity contribution is 7.90. The number of anilines is 1. The van der Waals surface area contributed by atoms with Gasteiger partial charge in [-0.05, 0) is 170 Å². The van der Waals surface area contributed by atoms with Crippen LogP contribution in [0.1, 0.15) is 136 Å². The van der Waals surface area contributed by atoms with Crippen LogP contribution in [0.4, 0.5) is 16.2 Å². The highest BCUT2D eigenvalue weighted by Crippen LogP contribution is 2.65. The van der Waals surface area contributed by atoms with Gasteiger partial charge in [-0.3, -0.25) is 9.59 Å². The van der Waals surface area contributed by atoms with Crippen LogP contribution in [0.3, 0.4) is 0 Å². The van der Waals surface area contributed by atoms with Gasteiger partial charge in [0.15, 0.2) is 0 Å². The minimum atomic E-state index is -3.94. The van der Waals surface area contributed by atoms with Gasteiger partial charge in [0.2, 0.25) is 26.1 Å². The molecule has 4 N–H and O–H groups in total. The van der Waals surface area contributed by atoms with Gasteiger partial charge in [-0.2, -0.15) is 4.99 Å². The molecule has 4 atom stereocenters. The first kappa shape index (κ1) is 43.0. The number of urea groups is 1. The van der Waals surface area contributed by atoms with Crippen LogP contribution >= 0.6 is 0 Å². The molecule has 0 saturated heterocycles. The third-order valence-corrected chi connectivity index (χ3v) is 19.0. The summed E-state index contributed by atoms with van der Waals surface area (Å²) in [5, 5.41) is 7.98. The monoisotopic (exact) mass is 860 g/mol. The quantitative estimate of drug-likeness (QED) is 0.199. The van der Waals surface area contributed by atoms with Crippen molar-refractivity contribution in [2.24, 2.45) is 43.6 Å². The molecule has 8 aliphatic rings. The second-order valence-corrected chi connectivity index (χ2v) is 23.4. The second-order valence-electron chi connectivity index (χ2n) is 20.1. The molecule has 0 aromatic heterocycles. The van der Waals surface area contributed by atoms with E-state index in [9.17, 15) is 36.0 Å². The molecule has 2 aromatic rings. The molecule has 2 amide bonds. The molecule has 0 radical (unpaired) electrons. The summed E-state index contributed by atoms with van der Waals surface area (Å²) in [6.45, 7) is 8.00. The van der Waals surface area contributed by atoms with Gasteiger partial charge in [-0.15, -0.1) is 0 Å². The number of nitrogens with zero attached hydrogens (tertiary/aromatic N) is 1. The maximum Gasteiger partial charge on any atom is 0.332 e. The van der Waals surface area contributed by atoms with Crippen LogP contribution in [0, 0.1) is 33.5 Å². The molecule has 0 aliphatic heterocycles. The van der Waals surface area contributed by atoms with Crippen LogP contribution in [0.2, 0.25) is 0 Å². The van der Waals surface area contributed by atoms with E-state index in [-0.39, 0.29) is 39.8 Å². The van der Waals surface area contributed by atoms with Crippen LogP contribution in [0.25, 0.3) is 0 Å². The maximum absolute atomic E-state index is 12.9. The van der Waals surface area contributed by atoms with Crippen molar-refractivity contribution in [3.8, 4) is 0 Å². The van der Waals surface area contributed by atoms with E-state index in [1.54, 1.807) is 6.08 Å². The number of nitrogens with two attached hydrogens (primary N) is 1. The molecular formula is C46H60N4O8S2. The molecule has 2 unspecified atom stereocenters. The van der Waals surface area contributed by atoms with Crippen LogP contribution in [-0.4, -0.2) is 52.0 Å². The Morgan fingerprint density at radius 1 is 0.700 bits per heavy atom. The summed E-state index contributed by atoms with van der Waals surface area (Å²) in [5.41, 5.74) is 10.0. The molecule has 10 rings (SSSR count). The van der Waals surface area contributed by atoms with Crippen LogP contribution in [-0.2, 0) is 85.8 Å². The summed E-state index contributed by atoms with van der Waals surface area (Å²) in [5.74, 6) is 0.226. The summed E-state index contributed by atoms with van der Waals surface area (Å²) in [7, 11) is -7.52. The number of primary sulfonamides is 1. The molecule has 324 valence electrons. The SMILES string of the molecule is CC1(C)C2CC[C@@]1(CS(=O)(=O)NC(=O)Nc1c3c(cc4c1CCC4)CCC3)C(=O)C2.CC1(C)C2CC[C@@]1(CS(N)(=O)=O)C(=O)C2.O=C=Nc1c2c(cc3c1CCC3)CCC2. The third-order valence-electron chi connectivity index (χ3n) is 16.7. The number of hydrogen-bond donors (Lipinski definition) is 3. The maximum atomic E-state index is 12.9. The number of rotatable bonds is 7. The van der Waals surface area contributed by atoms with Gasteiger partial charge in [-0.1, -0.05) is 39.8 Å². The predicted molar refractivity (Wildman–Crippen MR) is 230 cm³/mol. The Labute approximate surface area is 354 Å². The van der Waals surface area contributed by atoms with Crippen LogP contribution in [0.5, 0.6) is 0 Å². The van der Waals surface area contributed by atoms with Crippen molar-refractivity contribution in [1.29, 1.82) is 0 Å². The molecule has 14 heteroatoms. The zero-order valence-corrected chi connectivity index (χ0v) is 37.2. The summed E-state index contributed by atoms with van der Waals surface area (Å²) in [4.78, 5) is 51.8. The highest BCUT2D eigenvalue weighted by Gasteiger charge is 2.66. The average molecular weight is 861 g/mol. The number of amides is 2. The van der Waals surface area contributed by atoms with Crippen molar-refractivity contribution in [2.75, 3.05) is 16.8 Å². The van der Waals surface area contributed by atoms with Gasteiger partial charge in [0.1, 0.15) is 11.6 Å². The normalized spacial score (nSPS) is 28.1. The first-order chi connectivity index (χ1) is 28.2. The topological polar surface area (TPSA) is 199 Å². The van der Waals surface area contributed by atoms with Crippen molar-refractivity contribution in [3.63, 3.8) is 0 Å². The fraction of sp³-hybridized carbons (Fsp3) is 0.652. The minimum absolute atomic E-state index is 0.0354. The Morgan fingerprint density at radius 2 is 1.12 bits per heavy atom. The fourth-order valence-electron chi connectivity index (χ4n) is 13.1. The molecular weight excluding hydrogens is 801 g/mol. The number of Topliss-reactive ketones (excluding diaryl/α,β-unsaturated/α-hetero) is 2. The minimum Gasteiger partial charge on any atom is -0.307 e. The lowest BCUT2D eigenvalue weighted by molar-refractivity contribution is -0.128. The lowest BCUT2D eigenvalue weighted by Crippen LogP contribution is -2.47. The number of carbonyl (C=O) groups excluding carboxylic acids is 4. The second kappa shape index (κ2) is 15.3. The summed E-state index contributed by atoms with van der Waals surface area (Å²) < 4.78 is 50.6. The Morgan fingerprint density at radius 3 is 1.50 bits per heavy atom. The highest BCUT2D eigenvalue weighted by atomic mass is 32.2. The van der Waals surface area contributed by atoms with Gasteiger partial charge in [0, 0.05) is 23.9 Å². The van der Waals surface area contributed by atoms with Gasteiger partial charge < -0.3 is 5.32 Å². The largest absolute Gasteiger partial charge is 0.332 e. The number of sulfonamides is 2. The Kier molecular flexibility index (Phi) is 10.9. The zero-order valence-electron chi connectivity index (χ0n) is 35.6. The van der Waals surface area contributed by atoms with Crippen LogP contribution < -0.4 is 15.2 Å². The van der Waals surface area contributed by atoms with Crippen molar-refractivity contribution in [2.45, 2.75) is 143 Å². The first-order valence-electron chi connectivity index (χ1n) is 22.0. The standard InChI is InChI=1S/C23H30N2O4S.C13H13NO.C10H17NO3S/c1-22(2)16-9-10-23(22,19(26)12-16)13-30(28,29)25-21(27)24-20-17-7-3-5-14(17)11-15-6-4-8-18(15)20;15-8-14-13-11-5-1-3-9(11)7-10-4-2-6-12(10)13;1-9(2)7-3-4-10(9,8(12)5-7)6-15(11,13)14/h11,16H,3-10,12-13H2,1-2H3,(H2,24,25,27);7H,1-6H2;7H,3-6H2,1-2H3,(H2,11,13,14)/t16?,23-;;7?,10-/m1.1/s1. The van der Waals surface area contributed by atoms with Gasteiger partial charge in [-0.25, -0.2) is 36.3 Å². The number of nitrogens with one attached hydrogen (secondary N) is 2. The van der Waals surface area contributed by atoms with Crippen molar-refractivity contribution in [1.82, 2.24) is 4.72 Å². The Balaban J connectivity index is 0.000000139. The first-order valence-corrected chi connectivity index (χ1v) is 25.4. The Hall–Kier alpha value is -3.71. The van der Waals surface area contributed by atoms with E-state index in [1.165, 1.54) is 46.2 Å². The number of hydrogen-bond acceptors (Lipinski definition) is 9.